The molecule has 0 aliphatic carbocycles. The van der Waals surface area contributed by atoms with Crippen molar-refractivity contribution in [2.24, 2.45) is 5.92 Å². The zero-order chi connectivity index (χ0) is 33.6. The molecular formula is C33H35F6N7O2. The van der Waals surface area contributed by atoms with Crippen LogP contribution in [0.25, 0.3) is 22.2 Å². The molecule has 9 nitrogen and oxygen atoms in total. The van der Waals surface area contributed by atoms with Crippen LogP contribution in [0.2, 0.25) is 0 Å². The van der Waals surface area contributed by atoms with Crippen LogP contribution in [0.3, 0.4) is 0 Å². The van der Waals surface area contributed by atoms with Crippen LogP contribution in [0.5, 0.6) is 6.01 Å². The predicted octanol–water partition coefficient (Wildman–Crippen LogP) is 5.31. The summed E-state index contributed by atoms with van der Waals surface area (Å²) in [7, 11) is 0. The zero-order valence-corrected chi connectivity index (χ0v) is 26.3. The summed E-state index contributed by atoms with van der Waals surface area (Å²) in [6.45, 7) is 4.78. The number of nitrogen functional groups attached to an aromatic ring is 1. The van der Waals surface area contributed by atoms with Crippen LogP contribution in [0.15, 0.2) is 24.2 Å². The number of nitrogens with two attached hydrogens (primary N) is 1. The highest BCUT2D eigenvalue weighted by Crippen LogP contribution is 2.46. The second-order valence-corrected chi connectivity index (χ2v) is 14.0. The van der Waals surface area contributed by atoms with Gasteiger partial charge in [-0.2, -0.15) is 23.1 Å². The quantitative estimate of drug-likeness (QED) is 0.266. The Hall–Kier alpha value is -3.69. The number of anilines is 2. The number of piperazine rings is 1. The molecule has 8 rings (SSSR count). The number of pyridine rings is 1. The van der Waals surface area contributed by atoms with Gasteiger partial charge >= 0.3 is 12.2 Å². The van der Waals surface area contributed by atoms with Gasteiger partial charge in [0.15, 0.2) is 11.6 Å². The van der Waals surface area contributed by atoms with Crippen molar-refractivity contribution in [3.05, 3.63) is 46.9 Å². The number of aromatic nitrogens is 3. The minimum Gasteiger partial charge on any atom is -0.461 e. The lowest BCUT2D eigenvalue weighted by Crippen LogP contribution is -2.66. The first-order valence-electron chi connectivity index (χ1n) is 16.2. The average Bonchev–Trinajstić information content (AvgIpc) is 3.66. The predicted molar refractivity (Wildman–Crippen MR) is 165 cm³/mol. The Morgan fingerprint density at radius 1 is 1.19 bits per heavy atom. The van der Waals surface area contributed by atoms with Gasteiger partial charge in [0, 0.05) is 43.3 Å². The van der Waals surface area contributed by atoms with Gasteiger partial charge < -0.3 is 25.4 Å². The van der Waals surface area contributed by atoms with Crippen molar-refractivity contribution in [1.82, 2.24) is 25.2 Å². The van der Waals surface area contributed by atoms with Gasteiger partial charge in [-0.05, 0) is 62.8 Å². The van der Waals surface area contributed by atoms with Gasteiger partial charge in [0.25, 0.3) is 0 Å². The number of fused-ring (bicyclic) bond motifs is 4. The molecule has 2 unspecified atom stereocenters. The third-order valence-electron chi connectivity index (χ3n) is 11.0. The van der Waals surface area contributed by atoms with Crippen molar-refractivity contribution in [2.45, 2.75) is 62.3 Å². The molecule has 5 aliphatic heterocycles. The minimum atomic E-state index is -5.03. The van der Waals surface area contributed by atoms with E-state index in [1.54, 1.807) is 0 Å². The Kier molecular flexibility index (Phi) is 7.35. The van der Waals surface area contributed by atoms with Crippen LogP contribution < -0.4 is 20.7 Å². The molecule has 0 amide bonds. The van der Waals surface area contributed by atoms with Gasteiger partial charge in [0.2, 0.25) is 0 Å². The standard InChI is InChI=1S/C33H35F6N7O2/c1-17-7-22(40)25(35)23(24(17)33(37,38)39)28-26(36)27-21(10-41-28)29(45-12-20-3-5-32(15-45,44-20)19-13-47-14-19)43-30(42-27)48-16-31-4-2-6-46(31)11-18(8-31)9-34/h7,9-10,19-20,44H,2-6,8,11-16,40H2,1H3/b18-9+/t20?,31-,32?/m0/s1. The van der Waals surface area contributed by atoms with Gasteiger partial charge in [-0.25, -0.2) is 13.2 Å². The van der Waals surface area contributed by atoms with E-state index in [2.05, 4.69) is 20.2 Å². The lowest BCUT2D eigenvalue weighted by atomic mass is 9.80. The molecule has 15 heteroatoms. The fourth-order valence-electron chi connectivity index (χ4n) is 8.64. The van der Waals surface area contributed by atoms with Gasteiger partial charge in [-0.1, -0.05) is 0 Å². The Bertz CT molecular complexity index is 1830. The van der Waals surface area contributed by atoms with E-state index in [0.29, 0.717) is 57.0 Å². The Balaban J connectivity index is 1.26. The number of halogens is 6. The molecule has 7 heterocycles. The third-order valence-corrected chi connectivity index (χ3v) is 11.0. The van der Waals surface area contributed by atoms with Gasteiger partial charge in [0.1, 0.15) is 23.6 Å². The van der Waals surface area contributed by atoms with Crippen molar-refractivity contribution >= 4 is 22.4 Å². The molecule has 3 aromatic rings. The highest BCUT2D eigenvalue weighted by molar-refractivity contribution is 5.92. The van der Waals surface area contributed by atoms with Crippen molar-refractivity contribution in [3.63, 3.8) is 0 Å². The molecule has 5 saturated heterocycles. The summed E-state index contributed by atoms with van der Waals surface area (Å²) in [5.41, 5.74) is 1.05. The molecule has 48 heavy (non-hydrogen) atoms. The average molecular weight is 676 g/mol. The maximum atomic E-state index is 16.7. The molecule has 0 spiro atoms. The van der Waals surface area contributed by atoms with Crippen LogP contribution in [-0.2, 0) is 10.9 Å². The van der Waals surface area contributed by atoms with Crippen molar-refractivity contribution in [3.8, 4) is 17.3 Å². The van der Waals surface area contributed by atoms with Crippen LogP contribution in [-0.4, -0.2) is 83.0 Å². The van der Waals surface area contributed by atoms with Crippen molar-refractivity contribution in [1.29, 1.82) is 0 Å². The molecule has 256 valence electrons. The number of ether oxygens (including phenoxy) is 2. The highest BCUT2D eigenvalue weighted by atomic mass is 19.4. The second kappa shape index (κ2) is 11.2. The first-order chi connectivity index (χ1) is 22.9. The Labute approximate surface area is 272 Å². The number of hydrogen-bond acceptors (Lipinski definition) is 9. The van der Waals surface area contributed by atoms with E-state index < -0.39 is 45.9 Å². The fraction of sp³-hybridized carbons (Fsp3) is 0.545. The van der Waals surface area contributed by atoms with E-state index >= 15 is 8.78 Å². The van der Waals surface area contributed by atoms with Gasteiger partial charge in [0.05, 0.1) is 47.3 Å². The Morgan fingerprint density at radius 3 is 2.73 bits per heavy atom. The number of nitrogens with one attached hydrogen (secondary N) is 1. The molecule has 5 aliphatic rings. The number of rotatable bonds is 6. The summed E-state index contributed by atoms with van der Waals surface area (Å²) in [4.78, 5) is 17.4. The maximum absolute atomic E-state index is 16.7. The van der Waals surface area contributed by atoms with Gasteiger partial charge in [-0.15, -0.1) is 0 Å². The first-order valence-corrected chi connectivity index (χ1v) is 16.2. The molecule has 0 saturated carbocycles. The summed E-state index contributed by atoms with van der Waals surface area (Å²) >= 11 is 0. The number of alkyl halides is 3. The molecule has 0 radical (unpaired) electrons. The molecule has 5 fully saturated rings. The molecule has 1 aromatic carbocycles. The number of nitrogens with zero attached hydrogens (tertiary/aromatic N) is 5. The van der Waals surface area contributed by atoms with Crippen LogP contribution >= 0.6 is 0 Å². The number of hydrogen-bond donors (Lipinski definition) is 2. The summed E-state index contributed by atoms with van der Waals surface area (Å²) in [5, 5.41) is 3.91. The van der Waals surface area contributed by atoms with Crippen molar-refractivity contribution < 1.29 is 35.8 Å². The summed E-state index contributed by atoms with van der Waals surface area (Å²) in [5.74, 6) is -2.08. The largest absolute Gasteiger partial charge is 0.461 e. The topological polar surface area (TPSA) is 102 Å². The zero-order valence-electron chi connectivity index (χ0n) is 26.3. The fourth-order valence-corrected chi connectivity index (χ4v) is 8.64. The molecule has 3 N–H and O–H groups in total. The van der Waals surface area contributed by atoms with Crippen LogP contribution in [0.1, 0.15) is 43.2 Å². The van der Waals surface area contributed by atoms with Crippen LogP contribution in [0, 0.1) is 24.5 Å². The minimum absolute atomic E-state index is 0.101. The van der Waals surface area contributed by atoms with E-state index in [9.17, 15) is 17.6 Å². The number of aryl methyl sites for hydroxylation is 1. The second-order valence-electron chi connectivity index (χ2n) is 14.0. The lowest BCUT2D eigenvalue weighted by molar-refractivity contribution is -0.137. The van der Waals surface area contributed by atoms with E-state index in [-0.39, 0.29) is 46.6 Å². The molecule has 2 bridgehead atoms. The lowest BCUT2D eigenvalue weighted by Gasteiger charge is -2.49. The highest BCUT2D eigenvalue weighted by Gasteiger charge is 2.52. The van der Waals surface area contributed by atoms with E-state index in [1.165, 1.54) is 6.20 Å². The molecule has 3 atom stereocenters. The third kappa shape index (κ3) is 4.91. The van der Waals surface area contributed by atoms with Crippen LogP contribution in [0.4, 0.5) is 37.8 Å². The SMILES string of the molecule is Cc1cc(N)c(F)c(-c2ncc3c(N4CC5CCC(C6COC6)(C4)N5)nc(OC[C@@]45CCCN4C/C(=C/F)C5)nc3c2F)c1C(F)(F)F. The van der Waals surface area contributed by atoms with E-state index in [4.69, 9.17) is 20.2 Å². The molecular weight excluding hydrogens is 640 g/mol. The van der Waals surface area contributed by atoms with E-state index in [0.717, 1.165) is 45.2 Å². The normalized spacial score (nSPS) is 28.4. The summed E-state index contributed by atoms with van der Waals surface area (Å²) in [6.07, 6.45) is 0.763. The summed E-state index contributed by atoms with van der Waals surface area (Å²) < 4.78 is 100. The van der Waals surface area contributed by atoms with Gasteiger partial charge in [-0.3, -0.25) is 9.88 Å². The monoisotopic (exact) mass is 675 g/mol. The molecule has 2 aromatic heterocycles. The Morgan fingerprint density at radius 2 is 2.00 bits per heavy atom. The summed E-state index contributed by atoms with van der Waals surface area (Å²) in [6, 6.07) is 0.812. The smallest absolute Gasteiger partial charge is 0.417 e. The first kappa shape index (κ1) is 31.6. The van der Waals surface area contributed by atoms with E-state index in [1.807, 2.05) is 4.90 Å². The maximum Gasteiger partial charge on any atom is 0.417 e. The number of benzene rings is 1. The van der Waals surface area contributed by atoms with Crippen molar-refractivity contribution in [2.75, 3.05) is 56.6 Å².